The Hall–Kier alpha value is -1.48. The fourth-order valence-electron chi connectivity index (χ4n) is 1.36. The van der Waals surface area contributed by atoms with E-state index in [0.717, 1.165) is 0 Å². The summed E-state index contributed by atoms with van der Waals surface area (Å²) in [6, 6.07) is 4.68. The highest BCUT2D eigenvalue weighted by Crippen LogP contribution is 2.28. The third-order valence-electron chi connectivity index (χ3n) is 1.94. The third-order valence-corrected chi connectivity index (χ3v) is 2.22. The highest BCUT2D eigenvalue weighted by Gasteiger charge is 2.10. The van der Waals surface area contributed by atoms with Crippen molar-refractivity contribution in [1.82, 2.24) is 0 Å². The van der Waals surface area contributed by atoms with Gasteiger partial charge in [0.1, 0.15) is 5.76 Å². The predicted octanol–water partition coefficient (Wildman–Crippen LogP) is 3.09. The second-order valence-corrected chi connectivity index (χ2v) is 3.45. The summed E-state index contributed by atoms with van der Waals surface area (Å²) in [4.78, 5) is 10.7. The van der Waals surface area contributed by atoms with E-state index in [0.29, 0.717) is 21.8 Å². The molecule has 0 saturated carbocycles. The number of rotatable bonds is 1. The first-order valence-electron chi connectivity index (χ1n) is 4.01. The van der Waals surface area contributed by atoms with Gasteiger partial charge in [-0.2, -0.15) is 0 Å². The number of carbonyl (C=O) groups is 1. The molecule has 2 aromatic rings. The van der Waals surface area contributed by atoms with Crippen molar-refractivity contribution in [3.8, 4) is 0 Å². The van der Waals surface area contributed by atoms with Gasteiger partial charge in [-0.3, -0.25) is 0 Å². The first-order valence-corrected chi connectivity index (χ1v) is 4.38. The van der Waals surface area contributed by atoms with Crippen LogP contribution in [0.1, 0.15) is 16.1 Å². The van der Waals surface area contributed by atoms with Crippen LogP contribution in [0.25, 0.3) is 11.0 Å². The summed E-state index contributed by atoms with van der Waals surface area (Å²) in [5.41, 5.74) is 0.706. The van der Waals surface area contributed by atoms with E-state index in [2.05, 4.69) is 0 Å². The van der Waals surface area contributed by atoms with Crippen LogP contribution in [0.4, 0.5) is 0 Å². The Labute approximate surface area is 84.9 Å². The van der Waals surface area contributed by atoms with Crippen molar-refractivity contribution in [1.29, 1.82) is 0 Å². The molecule has 2 rings (SSSR count). The molecule has 0 aliphatic carbocycles. The number of carboxylic acid groups (broad SMARTS) is 1. The van der Waals surface area contributed by atoms with E-state index in [9.17, 15) is 4.79 Å². The number of fused-ring (bicyclic) bond motifs is 1. The van der Waals surface area contributed by atoms with Crippen molar-refractivity contribution in [2.24, 2.45) is 0 Å². The minimum atomic E-state index is -0.993. The fourth-order valence-corrected chi connectivity index (χ4v) is 1.63. The van der Waals surface area contributed by atoms with Gasteiger partial charge in [0.05, 0.1) is 10.6 Å². The molecule has 0 amide bonds. The van der Waals surface area contributed by atoms with Crippen LogP contribution in [0, 0.1) is 6.92 Å². The van der Waals surface area contributed by atoms with Gasteiger partial charge in [0.15, 0.2) is 5.58 Å². The summed E-state index contributed by atoms with van der Waals surface area (Å²) < 4.78 is 5.31. The predicted molar refractivity (Wildman–Crippen MR) is 52.9 cm³/mol. The average Bonchev–Trinajstić information content (AvgIpc) is 2.45. The zero-order chi connectivity index (χ0) is 10.3. The zero-order valence-corrected chi connectivity index (χ0v) is 8.13. The van der Waals surface area contributed by atoms with Crippen molar-refractivity contribution in [3.05, 3.63) is 34.5 Å². The molecule has 0 spiro atoms. The quantitative estimate of drug-likeness (QED) is 0.787. The summed E-state index contributed by atoms with van der Waals surface area (Å²) in [5.74, 6) is -0.280. The van der Waals surface area contributed by atoms with Crippen molar-refractivity contribution in [2.45, 2.75) is 6.92 Å². The molecule has 0 saturated heterocycles. The number of aromatic carboxylic acids is 1. The monoisotopic (exact) mass is 210 g/mol. The van der Waals surface area contributed by atoms with Crippen LogP contribution >= 0.6 is 11.6 Å². The van der Waals surface area contributed by atoms with Gasteiger partial charge in [0, 0.05) is 5.39 Å². The third kappa shape index (κ3) is 1.36. The summed E-state index contributed by atoms with van der Waals surface area (Å²) in [7, 11) is 0. The Kier molecular flexibility index (Phi) is 1.97. The Morgan fingerprint density at radius 2 is 2.14 bits per heavy atom. The molecule has 0 unspecified atom stereocenters. The minimum Gasteiger partial charge on any atom is -0.478 e. The molecule has 0 fully saturated rings. The average molecular weight is 211 g/mol. The van der Waals surface area contributed by atoms with Gasteiger partial charge in [-0.05, 0) is 25.1 Å². The van der Waals surface area contributed by atoms with E-state index in [1.807, 2.05) is 0 Å². The summed E-state index contributed by atoms with van der Waals surface area (Å²) in [5, 5.41) is 9.83. The summed E-state index contributed by atoms with van der Waals surface area (Å²) in [6.45, 7) is 1.79. The van der Waals surface area contributed by atoms with Crippen LogP contribution in [0.3, 0.4) is 0 Å². The second kappa shape index (κ2) is 3.03. The van der Waals surface area contributed by atoms with Crippen LogP contribution < -0.4 is 0 Å². The molecule has 1 aromatic heterocycles. The Balaban J connectivity index is 2.77. The van der Waals surface area contributed by atoms with E-state index in [1.165, 1.54) is 6.07 Å². The lowest BCUT2D eigenvalue weighted by Crippen LogP contribution is -1.95. The molecule has 0 bridgehead atoms. The van der Waals surface area contributed by atoms with Crippen molar-refractivity contribution >= 4 is 28.5 Å². The SMILES string of the molecule is Cc1cc2cc(C(=O)O)cc(Cl)c2o1. The minimum absolute atomic E-state index is 0.170. The number of benzene rings is 1. The molecule has 1 aromatic carbocycles. The summed E-state index contributed by atoms with van der Waals surface area (Å²) >= 11 is 5.86. The maximum atomic E-state index is 10.7. The van der Waals surface area contributed by atoms with E-state index < -0.39 is 5.97 Å². The standard InChI is InChI=1S/C10H7ClO3/c1-5-2-6-3-7(10(12)13)4-8(11)9(6)14-5/h2-4H,1H3,(H,12,13). The zero-order valence-electron chi connectivity index (χ0n) is 7.37. The Bertz CT molecular complexity index is 513. The topological polar surface area (TPSA) is 50.4 Å². The molecule has 0 atom stereocenters. The van der Waals surface area contributed by atoms with Crippen LogP contribution in [0.2, 0.25) is 5.02 Å². The molecule has 0 aliphatic heterocycles. The van der Waals surface area contributed by atoms with Gasteiger partial charge in [-0.1, -0.05) is 11.6 Å². The number of halogens is 1. The summed E-state index contributed by atoms with van der Waals surface area (Å²) in [6.07, 6.45) is 0. The molecular formula is C10H7ClO3. The number of furan rings is 1. The molecule has 0 aliphatic rings. The molecule has 3 nitrogen and oxygen atoms in total. The van der Waals surface area contributed by atoms with Crippen molar-refractivity contribution in [3.63, 3.8) is 0 Å². The van der Waals surface area contributed by atoms with E-state index in [-0.39, 0.29) is 5.56 Å². The Morgan fingerprint density at radius 1 is 1.43 bits per heavy atom. The normalized spacial score (nSPS) is 10.7. The number of aryl methyl sites for hydroxylation is 1. The lowest BCUT2D eigenvalue weighted by molar-refractivity contribution is 0.0697. The lowest BCUT2D eigenvalue weighted by Gasteiger charge is -1.96. The number of carboxylic acids is 1. The van der Waals surface area contributed by atoms with Crippen molar-refractivity contribution in [2.75, 3.05) is 0 Å². The van der Waals surface area contributed by atoms with Crippen LogP contribution in [-0.4, -0.2) is 11.1 Å². The first kappa shape index (κ1) is 9.09. The second-order valence-electron chi connectivity index (χ2n) is 3.04. The van der Waals surface area contributed by atoms with Crippen molar-refractivity contribution < 1.29 is 14.3 Å². The molecule has 0 radical (unpaired) electrons. The molecule has 1 heterocycles. The molecule has 1 N–H and O–H groups in total. The number of hydrogen-bond acceptors (Lipinski definition) is 2. The maximum absolute atomic E-state index is 10.7. The van der Waals surface area contributed by atoms with Crippen LogP contribution in [-0.2, 0) is 0 Å². The molecule has 4 heteroatoms. The van der Waals surface area contributed by atoms with Crippen LogP contribution in [0.15, 0.2) is 22.6 Å². The van der Waals surface area contributed by atoms with E-state index in [4.69, 9.17) is 21.1 Å². The van der Waals surface area contributed by atoms with Gasteiger partial charge in [-0.15, -0.1) is 0 Å². The fraction of sp³-hybridized carbons (Fsp3) is 0.100. The Morgan fingerprint density at radius 3 is 2.79 bits per heavy atom. The lowest BCUT2D eigenvalue weighted by atomic mass is 10.1. The molecule has 14 heavy (non-hydrogen) atoms. The van der Waals surface area contributed by atoms with Gasteiger partial charge >= 0.3 is 5.97 Å². The smallest absolute Gasteiger partial charge is 0.335 e. The molecular weight excluding hydrogens is 204 g/mol. The van der Waals surface area contributed by atoms with E-state index in [1.54, 1.807) is 19.1 Å². The highest BCUT2D eigenvalue weighted by molar-refractivity contribution is 6.35. The van der Waals surface area contributed by atoms with Gasteiger partial charge in [0.25, 0.3) is 0 Å². The largest absolute Gasteiger partial charge is 0.478 e. The highest BCUT2D eigenvalue weighted by atomic mass is 35.5. The molecule has 72 valence electrons. The van der Waals surface area contributed by atoms with Gasteiger partial charge in [0.2, 0.25) is 0 Å². The van der Waals surface area contributed by atoms with Crippen LogP contribution in [0.5, 0.6) is 0 Å². The maximum Gasteiger partial charge on any atom is 0.335 e. The first-order chi connectivity index (χ1) is 6.58. The van der Waals surface area contributed by atoms with Gasteiger partial charge < -0.3 is 9.52 Å². The van der Waals surface area contributed by atoms with E-state index >= 15 is 0 Å². The number of hydrogen-bond donors (Lipinski definition) is 1. The van der Waals surface area contributed by atoms with Gasteiger partial charge in [-0.25, -0.2) is 4.79 Å².